The number of para-hydroxylation sites is 1. The zero-order valence-corrected chi connectivity index (χ0v) is 18.8. The Morgan fingerprint density at radius 2 is 1.71 bits per heavy atom. The number of nitrogens with one attached hydrogen (secondary N) is 2. The summed E-state index contributed by atoms with van der Waals surface area (Å²) in [5.74, 6) is 1.21. The Balaban J connectivity index is 1.42. The quantitative estimate of drug-likeness (QED) is 0.605. The van der Waals surface area contributed by atoms with Gasteiger partial charge in [0.15, 0.2) is 0 Å². The monoisotopic (exact) mass is 462 g/mol. The van der Waals surface area contributed by atoms with Crippen molar-refractivity contribution in [1.29, 1.82) is 0 Å². The third-order valence-corrected chi connectivity index (χ3v) is 7.69. The molecule has 0 bridgehead atoms. The summed E-state index contributed by atoms with van der Waals surface area (Å²) in [5.41, 5.74) is 0. The molecule has 4 rings (SSSR count). The SMILES string of the molecule is O=C(NCC1CC1)[C@H]1CCCC[C@H]1NS(=O)(=O)c1ccc(Oc2ccccc2Cl)cc1. The normalized spacial score (nSPS) is 21.5. The van der Waals surface area contributed by atoms with Crippen molar-refractivity contribution < 1.29 is 17.9 Å². The van der Waals surface area contributed by atoms with Crippen LogP contribution in [0.3, 0.4) is 0 Å². The van der Waals surface area contributed by atoms with E-state index in [0.717, 1.165) is 25.7 Å². The second kappa shape index (κ2) is 9.59. The third kappa shape index (κ3) is 5.79. The van der Waals surface area contributed by atoms with Crippen LogP contribution in [0.2, 0.25) is 5.02 Å². The van der Waals surface area contributed by atoms with E-state index in [9.17, 15) is 13.2 Å². The fourth-order valence-electron chi connectivity index (χ4n) is 3.89. The van der Waals surface area contributed by atoms with Crippen molar-refractivity contribution in [2.45, 2.75) is 49.5 Å². The smallest absolute Gasteiger partial charge is 0.240 e. The number of hydrogen-bond acceptors (Lipinski definition) is 4. The number of hydrogen-bond donors (Lipinski definition) is 2. The fourth-order valence-corrected chi connectivity index (χ4v) is 5.38. The van der Waals surface area contributed by atoms with Crippen molar-refractivity contribution >= 4 is 27.5 Å². The number of benzene rings is 2. The molecule has 2 aliphatic carbocycles. The largest absolute Gasteiger partial charge is 0.456 e. The zero-order chi connectivity index (χ0) is 21.8. The van der Waals surface area contributed by atoms with Crippen molar-refractivity contribution in [2.75, 3.05) is 6.54 Å². The molecule has 0 unspecified atom stereocenters. The second-order valence-corrected chi connectivity index (χ2v) is 10.4. The Labute approximate surface area is 188 Å². The summed E-state index contributed by atoms with van der Waals surface area (Å²) in [6.07, 6.45) is 5.54. The van der Waals surface area contributed by atoms with E-state index in [4.69, 9.17) is 16.3 Å². The van der Waals surface area contributed by atoms with Crippen LogP contribution in [-0.4, -0.2) is 26.9 Å². The molecule has 166 valence electrons. The molecule has 0 aromatic heterocycles. The molecule has 0 heterocycles. The van der Waals surface area contributed by atoms with Crippen LogP contribution in [0.25, 0.3) is 0 Å². The molecule has 2 saturated carbocycles. The topological polar surface area (TPSA) is 84.5 Å². The van der Waals surface area contributed by atoms with E-state index in [1.165, 1.54) is 12.1 Å². The van der Waals surface area contributed by atoms with Gasteiger partial charge >= 0.3 is 0 Å². The molecule has 2 atom stereocenters. The van der Waals surface area contributed by atoms with Crippen LogP contribution in [0, 0.1) is 11.8 Å². The van der Waals surface area contributed by atoms with Gasteiger partial charge in [0, 0.05) is 12.6 Å². The van der Waals surface area contributed by atoms with Gasteiger partial charge < -0.3 is 10.1 Å². The highest BCUT2D eigenvalue weighted by molar-refractivity contribution is 7.89. The Kier molecular flexibility index (Phi) is 6.84. The summed E-state index contributed by atoms with van der Waals surface area (Å²) in [6, 6.07) is 12.9. The Morgan fingerprint density at radius 3 is 2.42 bits per heavy atom. The van der Waals surface area contributed by atoms with Crippen molar-refractivity contribution in [2.24, 2.45) is 11.8 Å². The number of amides is 1. The van der Waals surface area contributed by atoms with Gasteiger partial charge in [0.05, 0.1) is 15.8 Å². The summed E-state index contributed by atoms with van der Waals surface area (Å²) in [4.78, 5) is 12.8. The molecule has 0 spiro atoms. The van der Waals surface area contributed by atoms with Crippen molar-refractivity contribution in [1.82, 2.24) is 10.0 Å². The van der Waals surface area contributed by atoms with Crippen LogP contribution in [0.5, 0.6) is 11.5 Å². The molecule has 6 nitrogen and oxygen atoms in total. The molecule has 2 aromatic rings. The number of carbonyl (C=O) groups is 1. The Hall–Kier alpha value is -2.09. The number of ether oxygens (including phenoxy) is 1. The number of rotatable bonds is 8. The molecular weight excluding hydrogens is 436 g/mol. The van der Waals surface area contributed by atoms with Gasteiger partial charge in [-0.25, -0.2) is 13.1 Å². The number of halogens is 1. The highest BCUT2D eigenvalue weighted by Gasteiger charge is 2.34. The first-order valence-electron chi connectivity index (χ1n) is 10.7. The summed E-state index contributed by atoms with van der Waals surface area (Å²) in [5, 5.41) is 3.48. The molecule has 2 fully saturated rings. The van der Waals surface area contributed by atoms with Gasteiger partial charge in [0.25, 0.3) is 0 Å². The van der Waals surface area contributed by atoms with Gasteiger partial charge in [-0.2, -0.15) is 0 Å². The van der Waals surface area contributed by atoms with E-state index in [1.54, 1.807) is 30.3 Å². The fraction of sp³-hybridized carbons (Fsp3) is 0.435. The molecule has 8 heteroatoms. The maximum Gasteiger partial charge on any atom is 0.240 e. The number of sulfonamides is 1. The maximum atomic E-state index is 13.0. The first-order valence-corrected chi connectivity index (χ1v) is 12.6. The van der Waals surface area contributed by atoms with E-state index < -0.39 is 16.1 Å². The van der Waals surface area contributed by atoms with Gasteiger partial charge in [-0.15, -0.1) is 0 Å². The molecule has 2 aliphatic rings. The molecule has 2 aromatic carbocycles. The average Bonchev–Trinajstić information content (AvgIpc) is 3.59. The average molecular weight is 463 g/mol. The Morgan fingerprint density at radius 1 is 1.00 bits per heavy atom. The van der Waals surface area contributed by atoms with Gasteiger partial charge in [-0.3, -0.25) is 4.79 Å². The lowest BCUT2D eigenvalue weighted by Gasteiger charge is -2.31. The van der Waals surface area contributed by atoms with Gasteiger partial charge in [0.2, 0.25) is 15.9 Å². The van der Waals surface area contributed by atoms with E-state index in [0.29, 0.717) is 41.8 Å². The van der Waals surface area contributed by atoms with Gasteiger partial charge in [-0.1, -0.05) is 36.6 Å². The first kappa shape index (κ1) is 22.1. The molecular formula is C23H27ClN2O4S. The van der Waals surface area contributed by atoms with E-state index in [-0.39, 0.29) is 16.7 Å². The molecule has 0 saturated heterocycles. The molecule has 31 heavy (non-hydrogen) atoms. The minimum atomic E-state index is -3.75. The van der Waals surface area contributed by atoms with Crippen LogP contribution in [0.1, 0.15) is 38.5 Å². The van der Waals surface area contributed by atoms with Crippen LogP contribution in [-0.2, 0) is 14.8 Å². The predicted molar refractivity (Wildman–Crippen MR) is 120 cm³/mol. The van der Waals surface area contributed by atoms with Crippen molar-refractivity contribution in [3.8, 4) is 11.5 Å². The minimum Gasteiger partial charge on any atom is -0.456 e. The maximum absolute atomic E-state index is 13.0. The summed E-state index contributed by atoms with van der Waals surface area (Å²) < 4.78 is 34.4. The van der Waals surface area contributed by atoms with Gasteiger partial charge in [-0.05, 0) is 68.0 Å². The van der Waals surface area contributed by atoms with E-state index in [2.05, 4.69) is 10.0 Å². The second-order valence-electron chi connectivity index (χ2n) is 8.31. The first-order chi connectivity index (χ1) is 14.9. The summed E-state index contributed by atoms with van der Waals surface area (Å²) in [7, 11) is -3.75. The molecule has 0 aliphatic heterocycles. The Bertz CT molecular complexity index is 1020. The highest BCUT2D eigenvalue weighted by Crippen LogP contribution is 2.31. The van der Waals surface area contributed by atoms with Crippen molar-refractivity contribution in [3.05, 3.63) is 53.6 Å². The highest BCUT2D eigenvalue weighted by atomic mass is 35.5. The van der Waals surface area contributed by atoms with Crippen LogP contribution >= 0.6 is 11.6 Å². The minimum absolute atomic E-state index is 0.0391. The summed E-state index contributed by atoms with van der Waals surface area (Å²) >= 11 is 6.11. The third-order valence-electron chi connectivity index (χ3n) is 5.87. The summed E-state index contributed by atoms with van der Waals surface area (Å²) in [6.45, 7) is 0.696. The van der Waals surface area contributed by atoms with Crippen LogP contribution in [0.15, 0.2) is 53.4 Å². The zero-order valence-electron chi connectivity index (χ0n) is 17.2. The van der Waals surface area contributed by atoms with Gasteiger partial charge in [0.1, 0.15) is 11.5 Å². The molecule has 0 radical (unpaired) electrons. The van der Waals surface area contributed by atoms with Crippen LogP contribution in [0.4, 0.5) is 0 Å². The standard InChI is InChI=1S/C23H27ClN2O4S/c24-20-6-2-4-8-22(20)30-17-11-13-18(14-12-17)31(28,29)26-21-7-3-1-5-19(21)23(27)25-15-16-9-10-16/h2,4,6,8,11-14,16,19,21,26H,1,3,5,7,9-10,15H2,(H,25,27)/t19-,21+/m0/s1. The van der Waals surface area contributed by atoms with E-state index >= 15 is 0 Å². The number of carbonyl (C=O) groups excluding carboxylic acids is 1. The molecule has 1 amide bonds. The predicted octanol–water partition coefficient (Wildman–Crippen LogP) is 4.50. The lowest BCUT2D eigenvalue weighted by atomic mass is 9.84. The lowest BCUT2D eigenvalue weighted by molar-refractivity contribution is -0.126. The van der Waals surface area contributed by atoms with E-state index in [1.807, 2.05) is 6.07 Å². The lowest BCUT2D eigenvalue weighted by Crippen LogP contribution is -2.48. The molecule has 2 N–H and O–H groups in total. The van der Waals surface area contributed by atoms with Crippen LogP contribution < -0.4 is 14.8 Å². The van der Waals surface area contributed by atoms with Crippen molar-refractivity contribution in [3.63, 3.8) is 0 Å².